The van der Waals surface area contributed by atoms with Crippen LogP contribution in [-0.2, 0) is 17.8 Å². The summed E-state index contributed by atoms with van der Waals surface area (Å²) >= 11 is 6.18. The summed E-state index contributed by atoms with van der Waals surface area (Å²) in [6, 6.07) is 5.95. The van der Waals surface area contributed by atoms with Gasteiger partial charge in [0, 0.05) is 18.1 Å². The van der Waals surface area contributed by atoms with E-state index in [1.807, 2.05) is 17.0 Å². The fourth-order valence-electron chi connectivity index (χ4n) is 2.59. The van der Waals surface area contributed by atoms with E-state index in [-0.39, 0.29) is 5.91 Å². The lowest BCUT2D eigenvalue weighted by molar-refractivity contribution is -0.131. The smallest absolute Gasteiger partial charge is 0.236 e. The Balaban J connectivity index is 1.56. The second-order valence-electron chi connectivity index (χ2n) is 5.52. The topological polar surface area (TPSA) is 32.3 Å². The number of halogens is 1. The normalized spacial score (nSPS) is 18.3. The zero-order valence-corrected chi connectivity index (χ0v) is 11.7. The first-order chi connectivity index (χ1) is 9.24. The van der Waals surface area contributed by atoms with Gasteiger partial charge in [0.2, 0.25) is 5.91 Å². The average Bonchev–Trinajstić information content (AvgIpc) is 3.23. The van der Waals surface area contributed by atoms with E-state index < -0.39 is 0 Å². The molecule has 2 aliphatic rings. The Bertz CT molecular complexity index is 485. The van der Waals surface area contributed by atoms with Gasteiger partial charge in [0.15, 0.2) is 0 Å². The van der Waals surface area contributed by atoms with Crippen LogP contribution in [-0.4, -0.2) is 30.4 Å². The highest BCUT2D eigenvalue weighted by molar-refractivity contribution is 6.31. The van der Waals surface area contributed by atoms with Crippen LogP contribution >= 0.6 is 11.6 Å². The summed E-state index contributed by atoms with van der Waals surface area (Å²) in [5.41, 5.74) is 2.40. The molecule has 1 N–H and O–H groups in total. The Labute approximate surface area is 118 Å². The molecule has 1 aromatic carbocycles. The number of rotatable bonds is 4. The van der Waals surface area contributed by atoms with Crippen LogP contribution in [0.5, 0.6) is 0 Å². The molecule has 3 rings (SSSR count). The van der Waals surface area contributed by atoms with Gasteiger partial charge < -0.3 is 10.2 Å². The number of nitrogens with zero attached hydrogens (tertiary/aromatic N) is 1. The lowest BCUT2D eigenvalue weighted by Crippen LogP contribution is -2.41. The zero-order valence-electron chi connectivity index (χ0n) is 11.0. The summed E-state index contributed by atoms with van der Waals surface area (Å²) in [4.78, 5) is 14.1. The van der Waals surface area contributed by atoms with Gasteiger partial charge >= 0.3 is 0 Å². The van der Waals surface area contributed by atoms with Crippen LogP contribution in [0.25, 0.3) is 0 Å². The van der Waals surface area contributed by atoms with Crippen molar-refractivity contribution in [3.8, 4) is 0 Å². The van der Waals surface area contributed by atoms with Crippen LogP contribution in [0.3, 0.4) is 0 Å². The predicted molar refractivity (Wildman–Crippen MR) is 76.2 cm³/mol. The molecule has 1 amide bonds. The molecule has 1 heterocycles. The zero-order chi connectivity index (χ0) is 13.2. The highest BCUT2D eigenvalue weighted by Crippen LogP contribution is 2.28. The number of carbonyl (C=O) groups is 1. The van der Waals surface area contributed by atoms with E-state index in [1.165, 1.54) is 24.0 Å². The SMILES string of the molecule is O=C(CNCC1CC1)N1CCc2c(Cl)cccc2C1. The molecule has 102 valence electrons. The second-order valence-corrected chi connectivity index (χ2v) is 5.92. The Morgan fingerprint density at radius 3 is 3.05 bits per heavy atom. The fraction of sp³-hybridized carbons (Fsp3) is 0.533. The number of nitrogens with one attached hydrogen (secondary N) is 1. The molecule has 19 heavy (non-hydrogen) atoms. The van der Waals surface area contributed by atoms with E-state index in [1.54, 1.807) is 0 Å². The van der Waals surface area contributed by atoms with E-state index in [9.17, 15) is 4.79 Å². The van der Waals surface area contributed by atoms with Crippen molar-refractivity contribution >= 4 is 17.5 Å². The molecule has 1 aliphatic carbocycles. The molecule has 1 saturated carbocycles. The van der Waals surface area contributed by atoms with Crippen molar-refractivity contribution in [2.24, 2.45) is 5.92 Å². The van der Waals surface area contributed by atoms with Gasteiger partial charge in [-0.25, -0.2) is 0 Å². The van der Waals surface area contributed by atoms with Gasteiger partial charge in [-0.15, -0.1) is 0 Å². The number of hydrogen-bond donors (Lipinski definition) is 1. The largest absolute Gasteiger partial charge is 0.337 e. The van der Waals surface area contributed by atoms with Crippen molar-refractivity contribution in [2.75, 3.05) is 19.6 Å². The van der Waals surface area contributed by atoms with Gasteiger partial charge in [-0.1, -0.05) is 23.7 Å². The Hall–Kier alpha value is -1.06. The first-order valence-electron chi connectivity index (χ1n) is 6.99. The Morgan fingerprint density at radius 1 is 1.42 bits per heavy atom. The third kappa shape index (κ3) is 3.10. The maximum absolute atomic E-state index is 12.1. The van der Waals surface area contributed by atoms with E-state index in [2.05, 4.69) is 11.4 Å². The number of hydrogen-bond acceptors (Lipinski definition) is 2. The van der Waals surface area contributed by atoms with Gasteiger partial charge in [-0.2, -0.15) is 0 Å². The molecule has 0 aromatic heterocycles. The van der Waals surface area contributed by atoms with Crippen molar-refractivity contribution in [3.63, 3.8) is 0 Å². The summed E-state index contributed by atoms with van der Waals surface area (Å²) in [7, 11) is 0. The van der Waals surface area contributed by atoms with Crippen LogP contribution in [0, 0.1) is 5.92 Å². The third-order valence-corrected chi connectivity index (χ3v) is 4.32. The number of carbonyl (C=O) groups excluding carboxylic acids is 1. The van der Waals surface area contributed by atoms with Crippen molar-refractivity contribution in [1.82, 2.24) is 10.2 Å². The lowest BCUT2D eigenvalue weighted by atomic mass is 10.00. The molecule has 0 bridgehead atoms. The lowest BCUT2D eigenvalue weighted by Gasteiger charge is -2.29. The molecule has 3 nitrogen and oxygen atoms in total. The first-order valence-corrected chi connectivity index (χ1v) is 7.36. The van der Waals surface area contributed by atoms with Gasteiger partial charge in [-0.05, 0) is 48.9 Å². The maximum Gasteiger partial charge on any atom is 0.236 e. The predicted octanol–water partition coefficient (Wildman–Crippen LogP) is 2.22. The van der Waals surface area contributed by atoms with E-state index >= 15 is 0 Å². The van der Waals surface area contributed by atoms with Crippen molar-refractivity contribution in [3.05, 3.63) is 34.3 Å². The van der Waals surface area contributed by atoms with E-state index in [0.29, 0.717) is 13.1 Å². The third-order valence-electron chi connectivity index (χ3n) is 3.97. The van der Waals surface area contributed by atoms with Gasteiger partial charge in [-0.3, -0.25) is 4.79 Å². The number of amides is 1. The quantitative estimate of drug-likeness (QED) is 0.916. The van der Waals surface area contributed by atoms with Crippen LogP contribution in [0.1, 0.15) is 24.0 Å². The van der Waals surface area contributed by atoms with E-state index in [0.717, 1.165) is 30.5 Å². The van der Waals surface area contributed by atoms with Crippen LogP contribution < -0.4 is 5.32 Å². The van der Waals surface area contributed by atoms with Gasteiger partial charge in [0.25, 0.3) is 0 Å². The van der Waals surface area contributed by atoms with Crippen molar-refractivity contribution in [2.45, 2.75) is 25.8 Å². The maximum atomic E-state index is 12.1. The summed E-state index contributed by atoms with van der Waals surface area (Å²) < 4.78 is 0. The molecule has 0 unspecified atom stereocenters. The molecule has 1 aromatic rings. The minimum Gasteiger partial charge on any atom is -0.337 e. The number of fused-ring (bicyclic) bond motifs is 1. The standard InChI is InChI=1S/C15H19ClN2O/c16-14-3-1-2-12-10-18(7-6-13(12)14)15(19)9-17-8-11-4-5-11/h1-3,11,17H,4-10H2. The molecule has 4 heteroatoms. The van der Waals surface area contributed by atoms with Gasteiger partial charge in [0.1, 0.15) is 0 Å². The average molecular weight is 279 g/mol. The fourth-order valence-corrected chi connectivity index (χ4v) is 2.88. The summed E-state index contributed by atoms with van der Waals surface area (Å²) in [5, 5.41) is 4.09. The Morgan fingerprint density at radius 2 is 2.26 bits per heavy atom. The molecular formula is C15H19ClN2O. The Kier molecular flexibility index (Phi) is 3.76. The molecule has 1 fully saturated rings. The van der Waals surface area contributed by atoms with Crippen LogP contribution in [0.4, 0.5) is 0 Å². The summed E-state index contributed by atoms with van der Waals surface area (Å²) in [6.07, 6.45) is 3.50. The van der Waals surface area contributed by atoms with Crippen LogP contribution in [0.2, 0.25) is 5.02 Å². The molecule has 0 spiro atoms. The highest BCUT2D eigenvalue weighted by atomic mass is 35.5. The minimum atomic E-state index is 0.200. The number of benzene rings is 1. The molecule has 0 radical (unpaired) electrons. The second kappa shape index (κ2) is 5.51. The molecule has 0 saturated heterocycles. The molecular weight excluding hydrogens is 260 g/mol. The minimum absolute atomic E-state index is 0.200. The summed E-state index contributed by atoms with van der Waals surface area (Å²) in [5.74, 6) is 1.01. The summed E-state index contributed by atoms with van der Waals surface area (Å²) in [6.45, 7) is 2.93. The van der Waals surface area contributed by atoms with Crippen molar-refractivity contribution < 1.29 is 4.79 Å². The van der Waals surface area contributed by atoms with Gasteiger partial charge in [0.05, 0.1) is 6.54 Å². The molecule has 1 aliphatic heterocycles. The first kappa shape index (κ1) is 12.9. The highest BCUT2D eigenvalue weighted by Gasteiger charge is 2.23. The van der Waals surface area contributed by atoms with E-state index in [4.69, 9.17) is 11.6 Å². The molecule has 0 atom stereocenters. The van der Waals surface area contributed by atoms with Crippen molar-refractivity contribution in [1.29, 1.82) is 0 Å². The monoisotopic (exact) mass is 278 g/mol. The van der Waals surface area contributed by atoms with Crippen LogP contribution in [0.15, 0.2) is 18.2 Å².